The normalized spacial score (nSPS) is 11.8. The van der Waals surface area contributed by atoms with Gasteiger partial charge in [-0.1, -0.05) is 18.2 Å². The van der Waals surface area contributed by atoms with Gasteiger partial charge in [-0.25, -0.2) is 9.59 Å². The Morgan fingerprint density at radius 1 is 1.14 bits per heavy atom. The van der Waals surface area contributed by atoms with Crippen LogP contribution in [0.4, 0.5) is 10.5 Å². The summed E-state index contributed by atoms with van der Waals surface area (Å²) in [5.74, 6) is -1.04. The quantitative estimate of drug-likeness (QED) is 0.619. The third-order valence-corrected chi connectivity index (χ3v) is 3.63. The van der Waals surface area contributed by atoms with Crippen molar-refractivity contribution < 1.29 is 23.9 Å². The Morgan fingerprint density at radius 3 is 2.41 bits per heavy atom. The number of amides is 2. The summed E-state index contributed by atoms with van der Waals surface area (Å²) in [5, 5.41) is 5.12. The monoisotopic (exact) mass is 407 g/mol. The number of nitrogens with zero attached hydrogens (tertiary/aromatic N) is 1. The van der Waals surface area contributed by atoms with Crippen molar-refractivity contribution in [3.05, 3.63) is 40.6 Å². The average Bonchev–Trinajstić information content (AvgIpc) is 2.82. The van der Waals surface area contributed by atoms with Crippen LogP contribution in [0.3, 0.4) is 0 Å². The molecule has 0 saturated carbocycles. The zero-order valence-corrected chi connectivity index (χ0v) is 17.5. The number of hydrogen-bond donors (Lipinski definition) is 2. The summed E-state index contributed by atoms with van der Waals surface area (Å²) in [7, 11) is 1.23. The zero-order chi connectivity index (χ0) is 22.0. The molecule has 0 saturated heterocycles. The molecule has 0 aliphatic heterocycles. The number of carbonyl (C=O) groups is 3. The Balaban J connectivity index is 2.86. The summed E-state index contributed by atoms with van der Waals surface area (Å²) in [6, 6.07) is 7.13. The minimum atomic E-state index is -0.826. The minimum Gasteiger partial charge on any atom is -0.467 e. The van der Waals surface area contributed by atoms with E-state index in [9.17, 15) is 19.2 Å². The maximum Gasteiger partial charge on any atom is 0.407 e. The molecule has 0 aliphatic rings. The number of nitrogens with one attached hydrogen (secondary N) is 2. The fourth-order valence-electron chi connectivity index (χ4n) is 2.37. The lowest BCUT2D eigenvalue weighted by molar-refractivity contribution is -0.144. The van der Waals surface area contributed by atoms with Crippen LogP contribution in [0.15, 0.2) is 35.1 Å². The van der Waals surface area contributed by atoms with Crippen molar-refractivity contribution >= 4 is 23.7 Å². The van der Waals surface area contributed by atoms with E-state index in [4.69, 9.17) is 4.74 Å². The molecule has 1 aromatic rings. The van der Waals surface area contributed by atoms with Crippen LogP contribution in [0, 0.1) is 0 Å². The lowest BCUT2D eigenvalue weighted by atomic mass is 10.2. The zero-order valence-electron chi connectivity index (χ0n) is 17.5. The molecule has 0 fully saturated rings. The second-order valence-corrected chi connectivity index (χ2v) is 7.32. The van der Waals surface area contributed by atoms with Crippen molar-refractivity contribution in [2.75, 3.05) is 31.6 Å². The second kappa shape index (κ2) is 11.0. The van der Waals surface area contributed by atoms with Gasteiger partial charge in [-0.05, 0) is 39.8 Å². The van der Waals surface area contributed by atoms with Crippen molar-refractivity contribution in [1.29, 1.82) is 0 Å². The Hall–Kier alpha value is -3.10. The summed E-state index contributed by atoms with van der Waals surface area (Å²) in [5.41, 5.74) is -0.619. The molecule has 1 rings (SSSR count). The molecule has 0 spiro atoms. The van der Waals surface area contributed by atoms with Gasteiger partial charge in [0.25, 0.3) is 0 Å². The molecular formula is C20H29N3O6. The topological polar surface area (TPSA) is 114 Å². The molecule has 2 amide bonds. The minimum absolute atomic E-state index is 0.146. The largest absolute Gasteiger partial charge is 0.467 e. The van der Waals surface area contributed by atoms with Gasteiger partial charge in [0.2, 0.25) is 11.3 Å². The van der Waals surface area contributed by atoms with Gasteiger partial charge < -0.3 is 25.0 Å². The van der Waals surface area contributed by atoms with Crippen LogP contribution in [0.1, 0.15) is 27.7 Å². The number of rotatable bonds is 8. The van der Waals surface area contributed by atoms with Crippen molar-refractivity contribution in [2.24, 2.45) is 0 Å². The predicted octanol–water partition coefficient (Wildman–Crippen LogP) is 1.06. The van der Waals surface area contributed by atoms with Gasteiger partial charge in [0.05, 0.1) is 19.3 Å². The van der Waals surface area contributed by atoms with Gasteiger partial charge in [0.1, 0.15) is 11.6 Å². The van der Waals surface area contributed by atoms with E-state index in [0.29, 0.717) is 5.69 Å². The molecule has 1 atom stereocenters. The molecule has 0 heterocycles. The first-order valence-electron chi connectivity index (χ1n) is 9.22. The van der Waals surface area contributed by atoms with Gasteiger partial charge in [-0.15, -0.1) is 0 Å². The Kier molecular flexibility index (Phi) is 9.11. The molecule has 1 aromatic carbocycles. The lowest BCUT2D eigenvalue weighted by Crippen LogP contribution is -2.47. The number of carbonyl (C=O) groups excluding carboxylic acids is 3. The van der Waals surface area contributed by atoms with Crippen molar-refractivity contribution in [3.8, 4) is 0 Å². The second-order valence-electron chi connectivity index (χ2n) is 7.32. The van der Waals surface area contributed by atoms with Crippen LogP contribution < -0.4 is 21.0 Å². The molecular weight excluding hydrogens is 378 g/mol. The highest BCUT2D eigenvalue weighted by atomic mass is 16.6. The number of alkyl carbamates (subject to hydrolysis) is 1. The third-order valence-electron chi connectivity index (χ3n) is 3.63. The summed E-state index contributed by atoms with van der Waals surface area (Å²) >= 11 is 0. The van der Waals surface area contributed by atoms with Crippen LogP contribution in [0.5, 0.6) is 0 Å². The van der Waals surface area contributed by atoms with Gasteiger partial charge in [0, 0.05) is 13.1 Å². The maximum absolute atomic E-state index is 12.4. The summed E-state index contributed by atoms with van der Waals surface area (Å²) < 4.78 is 9.76. The van der Waals surface area contributed by atoms with Crippen molar-refractivity contribution in [2.45, 2.75) is 39.3 Å². The van der Waals surface area contributed by atoms with E-state index in [1.165, 1.54) is 25.0 Å². The number of ether oxygens (including phenoxy) is 2. The number of anilines is 1. The third kappa shape index (κ3) is 9.09. The first-order valence-corrected chi connectivity index (χ1v) is 9.22. The number of esters is 1. The van der Waals surface area contributed by atoms with E-state index in [-0.39, 0.29) is 25.1 Å². The van der Waals surface area contributed by atoms with Crippen LogP contribution in [0.25, 0.3) is 0 Å². The van der Waals surface area contributed by atoms with Crippen LogP contribution in [-0.2, 0) is 19.1 Å². The molecule has 9 heteroatoms. The number of methoxy groups -OCH3 is 1. The molecule has 2 N–H and O–H groups in total. The van der Waals surface area contributed by atoms with Gasteiger partial charge in [-0.3, -0.25) is 9.59 Å². The first-order chi connectivity index (χ1) is 13.5. The Morgan fingerprint density at radius 2 is 1.79 bits per heavy atom. The van der Waals surface area contributed by atoms with Crippen molar-refractivity contribution in [1.82, 2.24) is 10.6 Å². The van der Waals surface area contributed by atoms with E-state index in [0.717, 1.165) is 0 Å². The standard InChI is InChI=1S/C20H29N3O6/c1-14(18(26)28-5)22-17(25)13-23(15-9-7-6-8-10-16(15)24)12-11-21-19(27)29-20(2,3)4/h6-10,14H,11-13H2,1-5H3,(H,21,27)(H,22,25)/t14-/m0/s1. The molecule has 0 unspecified atom stereocenters. The van der Waals surface area contributed by atoms with Crippen LogP contribution >= 0.6 is 0 Å². The van der Waals surface area contributed by atoms with Crippen LogP contribution in [0.2, 0.25) is 0 Å². The average molecular weight is 407 g/mol. The molecule has 29 heavy (non-hydrogen) atoms. The van der Waals surface area contributed by atoms with E-state index in [1.54, 1.807) is 45.0 Å². The molecule has 0 aliphatic carbocycles. The maximum atomic E-state index is 12.4. The highest BCUT2D eigenvalue weighted by molar-refractivity contribution is 5.86. The SMILES string of the molecule is COC(=O)[C@H](C)NC(=O)CN(CCNC(=O)OC(C)(C)C)c1cccccc1=O. The van der Waals surface area contributed by atoms with E-state index < -0.39 is 29.6 Å². The van der Waals surface area contributed by atoms with E-state index >= 15 is 0 Å². The highest BCUT2D eigenvalue weighted by Gasteiger charge is 2.20. The summed E-state index contributed by atoms with van der Waals surface area (Å²) in [4.78, 5) is 49.6. The molecule has 0 radical (unpaired) electrons. The number of hydrogen-bond acceptors (Lipinski definition) is 7. The lowest BCUT2D eigenvalue weighted by Gasteiger charge is -2.25. The summed E-state index contributed by atoms with van der Waals surface area (Å²) in [6.07, 6.45) is -0.595. The predicted molar refractivity (Wildman–Crippen MR) is 109 cm³/mol. The molecule has 0 bridgehead atoms. The summed E-state index contributed by atoms with van der Waals surface area (Å²) in [6.45, 7) is 6.89. The van der Waals surface area contributed by atoms with Gasteiger partial charge >= 0.3 is 12.1 Å². The Bertz CT molecular complexity index is 775. The molecule has 9 nitrogen and oxygen atoms in total. The van der Waals surface area contributed by atoms with Gasteiger partial charge in [-0.2, -0.15) is 0 Å². The van der Waals surface area contributed by atoms with Crippen molar-refractivity contribution in [3.63, 3.8) is 0 Å². The first kappa shape index (κ1) is 23.9. The van der Waals surface area contributed by atoms with E-state index in [1.807, 2.05) is 0 Å². The fraction of sp³-hybridized carbons (Fsp3) is 0.500. The van der Waals surface area contributed by atoms with Gasteiger partial charge in [0.15, 0.2) is 0 Å². The Labute approximate surface area is 170 Å². The molecule has 0 aromatic heterocycles. The van der Waals surface area contributed by atoms with E-state index in [2.05, 4.69) is 15.4 Å². The molecule has 160 valence electrons. The smallest absolute Gasteiger partial charge is 0.407 e. The van der Waals surface area contributed by atoms with Crippen LogP contribution in [-0.4, -0.2) is 56.4 Å². The fourth-order valence-corrected chi connectivity index (χ4v) is 2.37. The highest BCUT2D eigenvalue weighted by Crippen LogP contribution is 2.08.